The second-order valence-corrected chi connectivity index (χ2v) is 5.00. The van der Waals surface area contributed by atoms with Crippen molar-refractivity contribution in [2.24, 2.45) is 0 Å². The second kappa shape index (κ2) is 5.97. The Balaban J connectivity index is 1.68. The van der Waals surface area contributed by atoms with Gasteiger partial charge in [-0.05, 0) is 41.8 Å². The van der Waals surface area contributed by atoms with Crippen LogP contribution in [0.15, 0.2) is 42.5 Å². The second-order valence-electron chi connectivity index (χ2n) is 5.00. The number of hydrogen-bond acceptors (Lipinski definition) is 3. The first-order valence-corrected chi connectivity index (χ1v) is 6.93. The Morgan fingerprint density at radius 2 is 1.95 bits per heavy atom. The van der Waals surface area contributed by atoms with E-state index in [1.54, 1.807) is 7.11 Å². The van der Waals surface area contributed by atoms with E-state index in [1.165, 1.54) is 16.7 Å². The van der Waals surface area contributed by atoms with Gasteiger partial charge in [0.15, 0.2) is 0 Å². The maximum Gasteiger partial charge on any atom is 0.123 e. The number of rotatable bonds is 4. The van der Waals surface area contributed by atoms with E-state index in [-0.39, 0.29) is 0 Å². The van der Waals surface area contributed by atoms with Crippen LogP contribution in [0.3, 0.4) is 0 Å². The summed E-state index contributed by atoms with van der Waals surface area (Å²) in [4.78, 5) is 0. The summed E-state index contributed by atoms with van der Waals surface area (Å²) in [5.41, 5.74) is 4.05. The molecule has 3 rings (SSSR count). The summed E-state index contributed by atoms with van der Waals surface area (Å²) in [6.45, 7) is 2.62. The van der Waals surface area contributed by atoms with Crippen LogP contribution < -0.4 is 14.8 Å². The highest BCUT2D eigenvalue weighted by Crippen LogP contribution is 2.21. The van der Waals surface area contributed by atoms with Crippen LogP contribution in [0.5, 0.6) is 11.5 Å². The fourth-order valence-electron chi connectivity index (χ4n) is 2.48. The maximum atomic E-state index is 5.83. The molecule has 1 aliphatic heterocycles. The van der Waals surface area contributed by atoms with Crippen molar-refractivity contribution in [3.8, 4) is 11.5 Å². The highest BCUT2D eigenvalue weighted by atomic mass is 16.5. The topological polar surface area (TPSA) is 30.5 Å². The molecule has 3 heteroatoms. The lowest BCUT2D eigenvalue weighted by Gasteiger charge is -2.18. The molecule has 0 spiro atoms. The van der Waals surface area contributed by atoms with Crippen LogP contribution in [0.2, 0.25) is 0 Å². The molecule has 0 saturated heterocycles. The lowest BCUT2D eigenvalue weighted by Crippen LogP contribution is -2.23. The fraction of sp³-hybridized carbons (Fsp3) is 0.294. The number of fused-ring (bicyclic) bond motifs is 1. The maximum absolute atomic E-state index is 5.83. The van der Waals surface area contributed by atoms with E-state index >= 15 is 0 Å². The van der Waals surface area contributed by atoms with Crippen molar-refractivity contribution in [2.45, 2.75) is 19.6 Å². The molecule has 104 valence electrons. The quantitative estimate of drug-likeness (QED) is 0.925. The summed E-state index contributed by atoms with van der Waals surface area (Å²) in [6.07, 6.45) is 1.12. The van der Waals surface area contributed by atoms with Crippen molar-refractivity contribution in [2.75, 3.05) is 13.7 Å². The number of nitrogens with one attached hydrogen (secondary N) is 1. The van der Waals surface area contributed by atoms with Gasteiger partial charge in [0.1, 0.15) is 18.1 Å². The lowest BCUT2D eigenvalue weighted by molar-refractivity contribution is 0.303. The first-order chi connectivity index (χ1) is 9.85. The Labute approximate surface area is 119 Å². The summed E-state index contributed by atoms with van der Waals surface area (Å²) in [5, 5.41) is 3.40. The van der Waals surface area contributed by atoms with E-state index in [0.29, 0.717) is 6.61 Å². The van der Waals surface area contributed by atoms with Crippen molar-refractivity contribution in [3.05, 3.63) is 59.2 Å². The van der Waals surface area contributed by atoms with Gasteiger partial charge in [-0.25, -0.2) is 0 Å². The van der Waals surface area contributed by atoms with Gasteiger partial charge in [-0.2, -0.15) is 0 Å². The molecule has 0 amide bonds. The van der Waals surface area contributed by atoms with Crippen LogP contribution >= 0.6 is 0 Å². The smallest absolute Gasteiger partial charge is 0.123 e. The lowest BCUT2D eigenvalue weighted by atomic mass is 9.99. The average Bonchev–Trinajstić information content (AvgIpc) is 2.53. The third kappa shape index (κ3) is 2.94. The van der Waals surface area contributed by atoms with Gasteiger partial charge in [0, 0.05) is 12.6 Å². The van der Waals surface area contributed by atoms with E-state index in [2.05, 4.69) is 23.5 Å². The monoisotopic (exact) mass is 269 g/mol. The number of methoxy groups -OCH3 is 1. The number of benzene rings is 2. The van der Waals surface area contributed by atoms with Gasteiger partial charge in [-0.15, -0.1) is 0 Å². The zero-order valence-corrected chi connectivity index (χ0v) is 11.7. The van der Waals surface area contributed by atoms with Gasteiger partial charge in [0.25, 0.3) is 0 Å². The van der Waals surface area contributed by atoms with Gasteiger partial charge >= 0.3 is 0 Å². The van der Waals surface area contributed by atoms with Gasteiger partial charge in [-0.3, -0.25) is 0 Å². The van der Waals surface area contributed by atoms with Gasteiger partial charge in [0.2, 0.25) is 0 Å². The van der Waals surface area contributed by atoms with Crippen LogP contribution in [-0.2, 0) is 19.6 Å². The number of hydrogen-bond donors (Lipinski definition) is 1. The molecule has 1 N–H and O–H groups in total. The summed E-state index contributed by atoms with van der Waals surface area (Å²) in [7, 11) is 1.66. The van der Waals surface area contributed by atoms with Gasteiger partial charge < -0.3 is 14.8 Å². The SMILES string of the molecule is COc1cccc(OCc2ccc3c(c2)CNCC3)c1. The van der Waals surface area contributed by atoms with Crippen molar-refractivity contribution >= 4 is 0 Å². The fourth-order valence-corrected chi connectivity index (χ4v) is 2.48. The van der Waals surface area contributed by atoms with Crippen LogP contribution in [0.25, 0.3) is 0 Å². The zero-order chi connectivity index (χ0) is 13.8. The van der Waals surface area contributed by atoms with E-state index in [9.17, 15) is 0 Å². The van der Waals surface area contributed by atoms with Crippen molar-refractivity contribution in [1.29, 1.82) is 0 Å². The first-order valence-electron chi connectivity index (χ1n) is 6.93. The minimum absolute atomic E-state index is 0.584. The number of ether oxygens (including phenoxy) is 2. The molecule has 0 saturated carbocycles. The summed E-state index contributed by atoms with van der Waals surface area (Å²) in [6, 6.07) is 14.3. The first kappa shape index (κ1) is 13.0. The molecular formula is C17H19NO2. The van der Waals surface area contributed by atoms with Crippen molar-refractivity contribution in [3.63, 3.8) is 0 Å². The van der Waals surface area contributed by atoms with Crippen LogP contribution in [0.1, 0.15) is 16.7 Å². The average molecular weight is 269 g/mol. The molecule has 1 heterocycles. The summed E-state index contributed by atoms with van der Waals surface area (Å²) >= 11 is 0. The van der Waals surface area contributed by atoms with Crippen molar-refractivity contribution < 1.29 is 9.47 Å². The Kier molecular flexibility index (Phi) is 3.88. The Bertz CT molecular complexity index is 595. The summed E-state index contributed by atoms with van der Waals surface area (Å²) in [5.74, 6) is 1.65. The van der Waals surface area contributed by atoms with E-state index in [0.717, 1.165) is 31.0 Å². The van der Waals surface area contributed by atoms with E-state index < -0.39 is 0 Å². The van der Waals surface area contributed by atoms with Crippen LogP contribution in [0.4, 0.5) is 0 Å². The molecule has 2 aromatic rings. The molecule has 3 nitrogen and oxygen atoms in total. The predicted molar refractivity (Wildman–Crippen MR) is 79.2 cm³/mol. The molecule has 0 aliphatic carbocycles. The third-order valence-electron chi connectivity index (χ3n) is 3.60. The standard InChI is InChI=1S/C17H19NO2/c1-19-16-3-2-4-17(10-16)20-12-13-5-6-14-7-8-18-11-15(14)9-13/h2-6,9-10,18H,7-8,11-12H2,1H3. The zero-order valence-electron chi connectivity index (χ0n) is 11.7. The van der Waals surface area contributed by atoms with E-state index in [1.807, 2.05) is 24.3 Å². The van der Waals surface area contributed by atoms with Crippen LogP contribution in [0, 0.1) is 0 Å². The normalized spacial score (nSPS) is 13.7. The van der Waals surface area contributed by atoms with Gasteiger partial charge in [-0.1, -0.05) is 24.3 Å². The molecule has 1 aliphatic rings. The molecule has 2 aromatic carbocycles. The van der Waals surface area contributed by atoms with Crippen molar-refractivity contribution in [1.82, 2.24) is 5.32 Å². The molecular weight excluding hydrogens is 250 g/mol. The molecule has 0 radical (unpaired) electrons. The third-order valence-corrected chi connectivity index (χ3v) is 3.60. The molecule has 0 aromatic heterocycles. The minimum atomic E-state index is 0.584. The molecule has 0 unspecified atom stereocenters. The highest BCUT2D eigenvalue weighted by Gasteiger charge is 2.09. The van der Waals surface area contributed by atoms with Crippen LogP contribution in [-0.4, -0.2) is 13.7 Å². The molecule has 0 bridgehead atoms. The summed E-state index contributed by atoms with van der Waals surface area (Å²) < 4.78 is 11.0. The Morgan fingerprint density at radius 3 is 2.85 bits per heavy atom. The molecule has 0 fully saturated rings. The predicted octanol–water partition coefficient (Wildman–Crippen LogP) is 2.92. The van der Waals surface area contributed by atoms with E-state index in [4.69, 9.17) is 9.47 Å². The van der Waals surface area contributed by atoms with Gasteiger partial charge in [0.05, 0.1) is 7.11 Å². The highest BCUT2D eigenvalue weighted by molar-refractivity contribution is 5.35. The Hall–Kier alpha value is -2.00. The molecule has 0 atom stereocenters. The molecule has 20 heavy (non-hydrogen) atoms. The largest absolute Gasteiger partial charge is 0.497 e. The Morgan fingerprint density at radius 1 is 1.05 bits per heavy atom. The minimum Gasteiger partial charge on any atom is -0.497 e.